The van der Waals surface area contributed by atoms with Crippen molar-refractivity contribution in [2.45, 2.75) is 33.9 Å². The van der Waals surface area contributed by atoms with Crippen LogP contribution in [0.2, 0.25) is 0 Å². The van der Waals surface area contributed by atoms with Gasteiger partial charge in [-0.3, -0.25) is 4.68 Å². The number of nitrogens with zero attached hydrogens (tertiary/aromatic N) is 3. The van der Waals surface area contributed by atoms with Crippen LogP contribution in [0.4, 0.5) is 11.4 Å². The Kier molecular flexibility index (Phi) is 5.62. The molecule has 0 saturated heterocycles. The standard InChI is InChI=1S/C17H24N4O2/c1-4-20(5-2)14-9-7-13(8-10-14)11-18-15-12-19-21(6-3)16(15)17(22)23/h7-10,12,18H,4-6,11H2,1-3H3,(H,22,23). The van der Waals surface area contributed by atoms with Crippen molar-refractivity contribution in [1.29, 1.82) is 0 Å². The van der Waals surface area contributed by atoms with E-state index >= 15 is 0 Å². The molecule has 1 aromatic heterocycles. The van der Waals surface area contributed by atoms with Gasteiger partial charge in [0.05, 0.1) is 11.9 Å². The first-order chi connectivity index (χ1) is 11.1. The fraction of sp³-hybridized carbons (Fsp3) is 0.412. The molecule has 23 heavy (non-hydrogen) atoms. The van der Waals surface area contributed by atoms with Crippen molar-refractivity contribution in [3.05, 3.63) is 41.7 Å². The number of carbonyl (C=O) groups is 1. The molecule has 0 aliphatic heterocycles. The Morgan fingerprint density at radius 2 is 1.87 bits per heavy atom. The fourth-order valence-corrected chi connectivity index (χ4v) is 2.59. The molecule has 0 unspecified atom stereocenters. The summed E-state index contributed by atoms with van der Waals surface area (Å²) in [5.74, 6) is -0.969. The van der Waals surface area contributed by atoms with Crippen molar-refractivity contribution >= 4 is 17.3 Å². The first-order valence-corrected chi connectivity index (χ1v) is 7.97. The number of carboxylic acid groups (broad SMARTS) is 1. The number of aromatic nitrogens is 2. The molecule has 0 fully saturated rings. The molecule has 6 nitrogen and oxygen atoms in total. The average Bonchev–Trinajstić information content (AvgIpc) is 2.98. The van der Waals surface area contributed by atoms with Crippen LogP contribution >= 0.6 is 0 Å². The second-order valence-corrected chi connectivity index (χ2v) is 5.22. The Hall–Kier alpha value is -2.50. The zero-order chi connectivity index (χ0) is 16.8. The predicted octanol–water partition coefficient (Wildman–Crippen LogP) is 3.06. The highest BCUT2D eigenvalue weighted by Crippen LogP contribution is 2.18. The Morgan fingerprint density at radius 1 is 1.22 bits per heavy atom. The van der Waals surface area contributed by atoms with Gasteiger partial charge in [0.25, 0.3) is 0 Å². The number of hydrogen-bond donors (Lipinski definition) is 2. The lowest BCUT2D eigenvalue weighted by atomic mass is 10.2. The van der Waals surface area contributed by atoms with Crippen molar-refractivity contribution in [3.63, 3.8) is 0 Å². The normalized spacial score (nSPS) is 10.6. The summed E-state index contributed by atoms with van der Waals surface area (Å²) in [4.78, 5) is 13.6. The van der Waals surface area contributed by atoms with Gasteiger partial charge >= 0.3 is 5.97 Å². The van der Waals surface area contributed by atoms with Crippen molar-refractivity contribution in [3.8, 4) is 0 Å². The van der Waals surface area contributed by atoms with Gasteiger partial charge in [0.15, 0.2) is 5.69 Å². The zero-order valence-corrected chi connectivity index (χ0v) is 13.9. The highest BCUT2D eigenvalue weighted by Gasteiger charge is 2.16. The van der Waals surface area contributed by atoms with Gasteiger partial charge in [-0.1, -0.05) is 12.1 Å². The van der Waals surface area contributed by atoms with Gasteiger partial charge in [0, 0.05) is 31.9 Å². The van der Waals surface area contributed by atoms with Crippen LogP contribution in [0.5, 0.6) is 0 Å². The first kappa shape index (κ1) is 16.9. The molecule has 0 aliphatic carbocycles. The summed E-state index contributed by atoms with van der Waals surface area (Å²) in [7, 11) is 0. The van der Waals surface area contributed by atoms with Crippen LogP contribution in [0.1, 0.15) is 36.8 Å². The van der Waals surface area contributed by atoms with Crippen molar-refractivity contribution in [2.75, 3.05) is 23.3 Å². The van der Waals surface area contributed by atoms with Crippen LogP contribution in [0.25, 0.3) is 0 Å². The summed E-state index contributed by atoms with van der Waals surface area (Å²) in [5, 5.41) is 16.6. The number of benzene rings is 1. The Labute approximate surface area is 136 Å². The topological polar surface area (TPSA) is 70.4 Å². The Bertz CT molecular complexity index is 645. The largest absolute Gasteiger partial charge is 0.476 e. The summed E-state index contributed by atoms with van der Waals surface area (Å²) in [6.45, 7) is 9.19. The highest BCUT2D eigenvalue weighted by molar-refractivity contribution is 5.92. The van der Waals surface area contributed by atoms with Crippen LogP contribution in [0.15, 0.2) is 30.5 Å². The minimum atomic E-state index is -0.969. The molecule has 0 atom stereocenters. The molecule has 2 N–H and O–H groups in total. The first-order valence-electron chi connectivity index (χ1n) is 7.97. The average molecular weight is 316 g/mol. The highest BCUT2D eigenvalue weighted by atomic mass is 16.4. The lowest BCUT2D eigenvalue weighted by Crippen LogP contribution is -2.21. The molecule has 0 saturated carbocycles. The minimum Gasteiger partial charge on any atom is -0.476 e. The van der Waals surface area contributed by atoms with Crippen LogP contribution in [0, 0.1) is 0 Å². The number of nitrogens with one attached hydrogen (secondary N) is 1. The molecular weight excluding hydrogens is 292 g/mol. The van der Waals surface area contributed by atoms with E-state index in [2.05, 4.69) is 53.4 Å². The van der Waals surface area contributed by atoms with Crippen molar-refractivity contribution in [2.24, 2.45) is 0 Å². The molecule has 2 aromatic rings. The lowest BCUT2D eigenvalue weighted by molar-refractivity contribution is 0.0684. The predicted molar refractivity (Wildman–Crippen MR) is 92.2 cm³/mol. The van der Waals surface area contributed by atoms with Crippen LogP contribution in [-0.2, 0) is 13.1 Å². The van der Waals surface area contributed by atoms with Crippen LogP contribution < -0.4 is 10.2 Å². The van der Waals surface area contributed by atoms with E-state index in [0.29, 0.717) is 18.8 Å². The number of aromatic carboxylic acids is 1. The molecule has 0 bridgehead atoms. The number of anilines is 2. The molecule has 1 aromatic carbocycles. The summed E-state index contributed by atoms with van der Waals surface area (Å²) >= 11 is 0. The number of carboxylic acids is 1. The number of hydrogen-bond acceptors (Lipinski definition) is 4. The molecule has 0 radical (unpaired) electrons. The van der Waals surface area contributed by atoms with Crippen LogP contribution in [-0.4, -0.2) is 33.9 Å². The van der Waals surface area contributed by atoms with E-state index in [1.807, 2.05) is 6.92 Å². The van der Waals surface area contributed by atoms with Gasteiger partial charge in [-0.05, 0) is 38.5 Å². The maximum Gasteiger partial charge on any atom is 0.356 e. The van der Waals surface area contributed by atoms with Gasteiger partial charge in [-0.15, -0.1) is 0 Å². The molecule has 1 heterocycles. The van der Waals surface area contributed by atoms with Gasteiger partial charge in [-0.25, -0.2) is 4.79 Å². The monoisotopic (exact) mass is 316 g/mol. The maximum atomic E-state index is 11.4. The van der Waals surface area contributed by atoms with Gasteiger partial charge in [-0.2, -0.15) is 5.10 Å². The van der Waals surface area contributed by atoms with Gasteiger partial charge in [0.1, 0.15) is 0 Å². The zero-order valence-electron chi connectivity index (χ0n) is 13.9. The molecule has 0 spiro atoms. The van der Waals surface area contributed by atoms with E-state index in [1.54, 1.807) is 6.20 Å². The van der Waals surface area contributed by atoms with E-state index < -0.39 is 5.97 Å². The summed E-state index contributed by atoms with van der Waals surface area (Å²) in [6, 6.07) is 8.31. The third-order valence-corrected chi connectivity index (χ3v) is 3.89. The molecule has 124 valence electrons. The number of rotatable bonds is 8. The van der Waals surface area contributed by atoms with E-state index in [-0.39, 0.29) is 5.69 Å². The molecular formula is C17H24N4O2. The fourth-order valence-electron chi connectivity index (χ4n) is 2.59. The Morgan fingerprint density at radius 3 is 2.39 bits per heavy atom. The smallest absolute Gasteiger partial charge is 0.356 e. The number of aryl methyl sites for hydroxylation is 1. The second-order valence-electron chi connectivity index (χ2n) is 5.22. The third kappa shape index (κ3) is 3.83. The van der Waals surface area contributed by atoms with Gasteiger partial charge in [0.2, 0.25) is 0 Å². The molecule has 0 aliphatic rings. The molecule has 0 amide bonds. The molecule has 2 rings (SSSR count). The van der Waals surface area contributed by atoms with Gasteiger partial charge < -0.3 is 15.3 Å². The van der Waals surface area contributed by atoms with Crippen molar-refractivity contribution in [1.82, 2.24) is 9.78 Å². The van der Waals surface area contributed by atoms with Crippen LogP contribution in [0.3, 0.4) is 0 Å². The quantitative estimate of drug-likeness (QED) is 0.783. The van der Waals surface area contributed by atoms with E-state index in [0.717, 1.165) is 18.7 Å². The SMILES string of the molecule is CCN(CC)c1ccc(CNc2cnn(CC)c2C(=O)O)cc1. The van der Waals surface area contributed by atoms with Crippen molar-refractivity contribution < 1.29 is 9.90 Å². The second kappa shape index (κ2) is 7.67. The molecule has 6 heteroatoms. The van der Waals surface area contributed by atoms with E-state index in [1.165, 1.54) is 10.4 Å². The Balaban J connectivity index is 2.07. The maximum absolute atomic E-state index is 11.4. The summed E-state index contributed by atoms with van der Waals surface area (Å²) in [5.41, 5.74) is 3.05. The third-order valence-electron chi connectivity index (χ3n) is 3.89. The summed E-state index contributed by atoms with van der Waals surface area (Å²) < 4.78 is 1.48. The minimum absolute atomic E-state index is 0.201. The van der Waals surface area contributed by atoms with E-state index in [4.69, 9.17) is 0 Å². The lowest BCUT2D eigenvalue weighted by Gasteiger charge is -2.21. The van der Waals surface area contributed by atoms with E-state index in [9.17, 15) is 9.90 Å². The summed E-state index contributed by atoms with van der Waals surface area (Å²) in [6.07, 6.45) is 1.57.